The number of aromatic nitrogens is 4. The fraction of sp³-hybridized carbons (Fsp3) is 0. The second kappa shape index (κ2) is 10.4. The molecule has 0 spiro atoms. The van der Waals surface area contributed by atoms with Crippen molar-refractivity contribution in [1.29, 1.82) is 0 Å². The van der Waals surface area contributed by atoms with E-state index in [2.05, 4.69) is 167 Å². The van der Waals surface area contributed by atoms with Crippen LogP contribution in [-0.2, 0) is 0 Å². The van der Waals surface area contributed by atoms with Gasteiger partial charge in [-0.15, -0.1) is 0 Å². The summed E-state index contributed by atoms with van der Waals surface area (Å²) in [6.07, 6.45) is 0. The average Bonchev–Trinajstić information content (AvgIpc) is 3.79. The highest BCUT2D eigenvalue weighted by Gasteiger charge is 2.19. The summed E-state index contributed by atoms with van der Waals surface area (Å²) in [4.78, 5) is 10.6. The summed E-state index contributed by atoms with van der Waals surface area (Å²) in [5.74, 6) is 0.930. The molecule has 0 amide bonds. The van der Waals surface area contributed by atoms with Gasteiger partial charge >= 0.3 is 0 Å². The maximum atomic E-state index is 5.47. The van der Waals surface area contributed by atoms with E-state index in [1.807, 2.05) is 12.1 Å². The average molecular weight is 637 g/mol. The topological polar surface area (TPSA) is 35.1 Å². The molecule has 0 saturated carbocycles. The van der Waals surface area contributed by atoms with Gasteiger partial charge in [-0.1, -0.05) is 133 Å². The van der Waals surface area contributed by atoms with Gasteiger partial charge in [0.25, 0.3) is 0 Å². The number of hydrogen-bond acceptors (Lipinski definition) is 2. The van der Waals surface area contributed by atoms with Crippen LogP contribution in [0.5, 0.6) is 0 Å². The van der Waals surface area contributed by atoms with E-state index in [1.165, 1.54) is 32.3 Å². The Hall–Kier alpha value is -6.78. The Morgan fingerprint density at radius 2 is 0.960 bits per heavy atom. The van der Waals surface area contributed by atoms with Crippen LogP contribution in [0.2, 0.25) is 0 Å². The molecule has 0 saturated heterocycles. The van der Waals surface area contributed by atoms with Gasteiger partial charge in [0.1, 0.15) is 11.5 Å². The van der Waals surface area contributed by atoms with Crippen molar-refractivity contribution in [2.45, 2.75) is 0 Å². The largest absolute Gasteiger partial charge is 0.292 e. The molecular formula is C46H28N4. The molecule has 8 aromatic carbocycles. The van der Waals surface area contributed by atoms with Crippen molar-refractivity contribution in [3.05, 3.63) is 170 Å². The fourth-order valence-corrected chi connectivity index (χ4v) is 8.03. The summed E-state index contributed by atoms with van der Waals surface area (Å²) < 4.78 is 4.64. The van der Waals surface area contributed by atoms with Crippen LogP contribution in [0.25, 0.3) is 99.1 Å². The number of rotatable bonds is 3. The quantitative estimate of drug-likeness (QED) is 0.181. The number of nitrogens with zero attached hydrogens (tertiary/aromatic N) is 4. The third kappa shape index (κ3) is 3.81. The summed E-state index contributed by atoms with van der Waals surface area (Å²) >= 11 is 0. The van der Waals surface area contributed by atoms with Gasteiger partial charge in [-0.2, -0.15) is 0 Å². The maximum absolute atomic E-state index is 5.47. The third-order valence-electron chi connectivity index (χ3n) is 10.3. The molecule has 0 bridgehead atoms. The van der Waals surface area contributed by atoms with E-state index >= 15 is 0 Å². The van der Waals surface area contributed by atoms with Gasteiger partial charge in [0, 0.05) is 32.8 Å². The smallest absolute Gasteiger partial charge is 0.146 e. The standard InChI is InChI=1S/C46H28N4/c1-2-12-32(13-3-1)49-42-21-11-9-19-40(42)47-45(49)30-24-22-29(23-25-30)31-26-27-35-36-16-8-10-20-41(36)50-44-38-18-7-5-15-34(38)33-14-4-6-17-37(33)43(44)48-46(50)39(35)28-31/h1-28H. The van der Waals surface area contributed by atoms with Crippen molar-refractivity contribution in [2.24, 2.45) is 0 Å². The first-order valence-electron chi connectivity index (χ1n) is 17.0. The summed E-state index contributed by atoms with van der Waals surface area (Å²) in [6, 6.07) is 60.6. The lowest BCUT2D eigenvalue weighted by molar-refractivity contribution is 1.10. The number of imidazole rings is 2. The van der Waals surface area contributed by atoms with E-state index in [-0.39, 0.29) is 0 Å². The van der Waals surface area contributed by atoms with Crippen LogP contribution in [0, 0.1) is 0 Å². The summed E-state index contributed by atoms with van der Waals surface area (Å²) in [5, 5.41) is 8.43. The highest BCUT2D eigenvalue weighted by atomic mass is 15.1. The van der Waals surface area contributed by atoms with Crippen LogP contribution < -0.4 is 0 Å². The molecule has 11 aromatic rings. The Balaban J connectivity index is 1.14. The van der Waals surface area contributed by atoms with Gasteiger partial charge < -0.3 is 0 Å². The van der Waals surface area contributed by atoms with Gasteiger partial charge in [-0.3, -0.25) is 8.97 Å². The van der Waals surface area contributed by atoms with Crippen molar-refractivity contribution >= 4 is 70.9 Å². The molecular weight excluding hydrogens is 609 g/mol. The van der Waals surface area contributed by atoms with Crippen molar-refractivity contribution in [3.63, 3.8) is 0 Å². The zero-order valence-electron chi connectivity index (χ0n) is 27.0. The molecule has 3 aromatic heterocycles. The lowest BCUT2D eigenvalue weighted by Gasteiger charge is -2.12. The minimum Gasteiger partial charge on any atom is -0.292 e. The number of hydrogen-bond donors (Lipinski definition) is 0. The Morgan fingerprint density at radius 3 is 1.76 bits per heavy atom. The number of benzene rings is 8. The number of fused-ring (bicyclic) bond motifs is 14. The molecule has 232 valence electrons. The fourth-order valence-electron chi connectivity index (χ4n) is 8.03. The highest BCUT2D eigenvalue weighted by Crippen LogP contribution is 2.40. The predicted octanol–water partition coefficient (Wildman–Crippen LogP) is 11.8. The summed E-state index contributed by atoms with van der Waals surface area (Å²) in [5.41, 5.74) is 10.9. The monoisotopic (exact) mass is 636 g/mol. The zero-order valence-corrected chi connectivity index (χ0v) is 27.0. The molecule has 50 heavy (non-hydrogen) atoms. The lowest BCUT2D eigenvalue weighted by atomic mass is 9.98. The van der Waals surface area contributed by atoms with E-state index in [0.29, 0.717) is 0 Å². The molecule has 0 radical (unpaired) electrons. The molecule has 0 aliphatic rings. The van der Waals surface area contributed by atoms with E-state index in [1.54, 1.807) is 0 Å². The molecule has 0 atom stereocenters. The molecule has 11 rings (SSSR count). The Kier molecular flexibility index (Phi) is 5.63. The van der Waals surface area contributed by atoms with Crippen LogP contribution in [0.4, 0.5) is 0 Å². The minimum atomic E-state index is 0.930. The zero-order chi connectivity index (χ0) is 32.8. The van der Waals surface area contributed by atoms with E-state index in [4.69, 9.17) is 9.97 Å². The SMILES string of the molecule is c1ccc(-n2c(-c3ccc(-c4ccc5c6ccccc6n6c(nc7c8ccccc8c8ccccc8c76)c5c4)cc3)nc3ccccc32)cc1. The predicted molar refractivity (Wildman–Crippen MR) is 208 cm³/mol. The Labute approximate surface area is 287 Å². The van der Waals surface area contributed by atoms with Crippen LogP contribution in [0.15, 0.2) is 170 Å². The van der Waals surface area contributed by atoms with E-state index < -0.39 is 0 Å². The van der Waals surface area contributed by atoms with E-state index in [9.17, 15) is 0 Å². The molecule has 0 aliphatic heterocycles. The molecule has 0 N–H and O–H groups in total. The Morgan fingerprint density at radius 1 is 0.380 bits per heavy atom. The van der Waals surface area contributed by atoms with Crippen LogP contribution in [0.1, 0.15) is 0 Å². The van der Waals surface area contributed by atoms with Gasteiger partial charge in [-0.05, 0) is 63.7 Å². The number of para-hydroxylation sites is 4. The maximum Gasteiger partial charge on any atom is 0.146 e. The van der Waals surface area contributed by atoms with Crippen LogP contribution >= 0.6 is 0 Å². The van der Waals surface area contributed by atoms with Crippen molar-refractivity contribution in [1.82, 2.24) is 18.9 Å². The van der Waals surface area contributed by atoms with Crippen molar-refractivity contribution in [2.75, 3.05) is 0 Å². The summed E-state index contributed by atoms with van der Waals surface area (Å²) in [7, 11) is 0. The molecule has 0 fully saturated rings. The van der Waals surface area contributed by atoms with Crippen molar-refractivity contribution < 1.29 is 0 Å². The van der Waals surface area contributed by atoms with Crippen molar-refractivity contribution in [3.8, 4) is 28.2 Å². The molecule has 4 nitrogen and oxygen atoms in total. The van der Waals surface area contributed by atoms with Gasteiger partial charge in [0.05, 0.1) is 27.6 Å². The minimum absolute atomic E-state index is 0.930. The van der Waals surface area contributed by atoms with E-state index in [0.717, 1.165) is 66.8 Å². The molecule has 0 unspecified atom stereocenters. The molecule has 3 heterocycles. The first-order chi connectivity index (χ1) is 24.8. The third-order valence-corrected chi connectivity index (χ3v) is 10.3. The first-order valence-corrected chi connectivity index (χ1v) is 17.0. The summed E-state index contributed by atoms with van der Waals surface area (Å²) in [6.45, 7) is 0. The molecule has 0 aliphatic carbocycles. The first kappa shape index (κ1) is 27.2. The van der Waals surface area contributed by atoms with Gasteiger partial charge in [-0.25, -0.2) is 9.97 Å². The van der Waals surface area contributed by atoms with Crippen LogP contribution in [0.3, 0.4) is 0 Å². The van der Waals surface area contributed by atoms with Gasteiger partial charge in [0.2, 0.25) is 0 Å². The highest BCUT2D eigenvalue weighted by molar-refractivity contribution is 6.26. The van der Waals surface area contributed by atoms with Gasteiger partial charge in [0.15, 0.2) is 0 Å². The normalized spacial score (nSPS) is 12.0. The number of pyridine rings is 1. The van der Waals surface area contributed by atoms with Crippen LogP contribution in [-0.4, -0.2) is 18.9 Å². The second-order valence-corrected chi connectivity index (χ2v) is 13.0. The Bertz CT molecular complexity index is 3130. The second-order valence-electron chi connectivity index (χ2n) is 13.0. The molecule has 4 heteroatoms. The lowest BCUT2D eigenvalue weighted by Crippen LogP contribution is -1.97.